The first-order chi connectivity index (χ1) is 13.0. The van der Waals surface area contributed by atoms with Crippen molar-refractivity contribution in [3.63, 3.8) is 0 Å². The lowest BCUT2D eigenvalue weighted by Gasteiger charge is -2.11. The third-order valence-electron chi connectivity index (χ3n) is 3.11. The Morgan fingerprint density at radius 3 is 1.89 bits per heavy atom. The highest BCUT2D eigenvalue weighted by atomic mass is 35.5. The molecule has 0 fully saturated rings. The first kappa shape index (κ1) is 22.1. The van der Waals surface area contributed by atoms with Crippen molar-refractivity contribution in [3.05, 3.63) is 74.2 Å². The number of benzene rings is 2. The summed E-state index contributed by atoms with van der Waals surface area (Å²) in [5.74, 6) is 1.59. The van der Waals surface area contributed by atoms with E-state index in [1.807, 2.05) is 6.08 Å². The summed E-state index contributed by atoms with van der Waals surface area (Å²) in [5, 5.41) is 1.34. The summed E-state index contributed by atoms with van der Waals surface area (Å²) in [6, 6.07) is 10.3. The maximum absolute atomic E-state index is 6.19. The molecule has 0 aromatic heterocycles. The molecule has 0 spiro atoms. The normalized spacial score (nSPS) is 10.7. The monoisotopic (exact) mass is 466 g/mol. The van der Waals surface area contributed by atoms with Crippen LogP contribution in [0.15, 0.2) is 59.1 Å². The minimum absolute atomic E-state index is 0.124. The lowest BCUT2D eigenvalue weighted by atomic mass is 10.3. The molecular weight excluding hydrogens is 453 g/mol. The molecule has 0 amide bonds. The van der Waals surface area contributed by atoms with E-state index < -0.39 is 0 Å². The molecule has 0 bridgehead atoms. The average Bonchev–Trinajstić information content (AvgIpc) is 2.61. The standard InChI is InChI=1S/C19H15Cl5O3/c20-13-3-5-14(6-4-13)25-8-1-2-9-27-19-16(21)11-15(12-17(19)22)26-10-7-18(23)24/h1-7,11-12H,8-10H2/b2-1-. The summed E-state index contributed by atoms with van der Waals surface area (Å²) in [7, 11) is 0. The van der Waals surface area contributed by atoms with Gasteiger partial charge < -0.3 is 14.2 Å². The molecular formula is C19H15Cl5O3. The number of halogens is 5. The van der Waals surface area contributed by atoms with E-state index in [4.69, 9.17) is 72.2 Å². The highest BCUT2D eigenvalue weighted by Gasteiger charge is 2.10. The summed E-state index contributed by atoms with van der Waals surface area (Å²) < 4.78 is 16.7. The second-order valence-electron chi connectivity index (χ2n) is 5.07. The van der Waals surface area contributed by atoms with Gasteiger partial charge in [0.15, 0.2) is 5.75 Å². The van der Waals surface area contributed by atoms with Crippen molar-refractivity contribution in [3.8, 4) is 17.2 Å². The van der Waals surface area contributed by atoms with Crippen LogP contribution in [-0.2, 0) is 0 Å². The fourth-order valence-electron chi connectivity index (χ4n) is 1.90. The van der Waals surface area contributed by atoms with Crippen LogP contribution in [0, 0.1) is 0 Å². The minimum atomic E-state index is 0.124. The molecule has 0 radical (unpaired) electrons. The molecule has 0 aliphatic rings. The molecule has 2 aromatic carbocycles. The fraction of sp³-hybridized carbons (Fsp3) is 0.158. The van der Waals surface area contributed by atoms with Crippen LogP contribution in [0.4, 0.5) is 0 Å². The van der Waals surface area contributed by atoms with E-state index in [9.17, 15) is 0 Å². The third-order valence-corrected chi connectivity index (χ3v) is 4.23. The van der Waals surface area contributed by atoms with Crippen LogP contribution >= 0.6 is 58.0 Å². The Balaban J connectivity index is 1.80. The van der Waals surface area contributed by atoms with Crippen molar-refractivity contribution in [1.29, 1.82) is 0 Å². The molecule has 3 nitrogen and oxygen atoms in total. The Labute approximate surface area is 183 Å². The van der Waals surface area contributed by atoms with Crippen LogP contribution < -0.4 is 14.2 Å². The predicted octanol–water partition coefficient (Wildman–Crippen LogP) is 7.36. The lowest BCUT2D eigenvalue weighted by Crippen LogP contribution is -1.99. The molecule has 0 aliphatic carbocycles. The first-order valence-corrected chi connectivity index (χ1v) is 9.64. The molecule has 0 atom stereocenters. The van der Waals surface area contributed by atoms with E-state index in [-0.39, 0.29) is 17.7 Å². The van der Waals surface area contributed by atoms with E-state index in [1.54, 1.807) is 42.5 Å². The van der Waals surface area contributed by atoms with Crippen LogP contribution in [0.2, 0.25) is 15.1 Å². The van der Waals surface area contributed by atoms with Gasteiger partial charge in [-0.1, -0.05) is 58.0 Å². The van der Waals surface area contributed by atoms with E-state index in [0.29, 0.717) is 33.2 Å². The summed E-state index contributed by atoms with van der Waals surface area (Å²) in [6.45, 7) is 0.885. The van der Waals surface area contributed by atoms with Crippen LogP contribution in [0.3, 0.4) is 0 Å². The largest absolute Gasteiger partial charge is 0.490 e. The number of hydrogen-bond acceptors (Lipinski definition) is 3. The predicted molar refractivity (Wildman–Crippen MR) is 113 cm³/mol. The zero-order chi connectivity index (χ0) is 19.6. The van der Waals surface area contributed by atoms with E-state index >= 15 is 0 Å². The summed E-state index contributed by atoms with van der Waals surface area (Å²) in [5.41, 5.74) is 0. The highest BCUT2D eigenvalue weighted by molar-refractivity contribution is 6.55. The van der Waals surface area contributed by atoms with Gasteiger partial charge in [-0.15, -0.1) is 0 Å². The molecule has 0 saturated heterocycles. The Bertz CT molecular complexity index is 776. The molecule has 0 unspecified atom stereocenters. The van der Waals surface area contributed by atoms with Gasteiger partial charge >= 0.3 is 0 Å². The average molecular weight is 469 g/mol. The van der Waals surface area contributed by atoms with E-state index in [0.717, 1.165) is 5.75 Å². The van der Waals surface area contributed by atoms with Gasteiger partial charge in [0.2, 0.25) is 0 Å². The van der Waals surface area contributed by atoms with Gasteiger partial charge in [0.25, 0.3) is 0 Å². The Morgan fingerprint density at radius 2 is 1.30 bits per heavy atom. The van der Waals surface area contributed by atoms with Crippen LogP contribution in [0.25, 0.3) is 0 Å². The number of hydrogen-bond donors (Lipinski definition) is 0. The molecule has 0 aliphatic heterocycles. The van der Waals surface area contributed by atoms with Crippen molar-refractivity contribution < 1.29 is 14.2 Å². The van der Waals surface area contributed by atoms with Crippen molar-refractivity contribution >= 4 is 58.0 Å². The first-order valence-electron chi connectivity index (χ1n) is 7.75. The van der Waals surface area contributed by atoms with E-state index in [1.165, 1.54) is 6.08 Å². The van der Waals surface area contributed by atoms with E-state index in [2.05, 4.69) is 0 Å². The SMILES string of the molecule is ClC(Cl)=CCOc1cc(Cl)c(OC/C=C\COc2ccc(Cl)cc2)c(Cl)c1. The van der Waals surface area contributed by atoms with Crippen molar-refractivity contribution in [2.75, 3.05) is 19.8 Å². The third kappa shape index (κ3) is 8.12. The summed E-state index contributed by atoms with van der Waals surface area (Å²) in [4.78, 5) is 0. The smallest absolute Gasteiger partial charge is 0.157 e. The Kier molecular flexibility index (Phi) is 9.46. The van der Waals surface area contributed by atoms with Gasteiger partial charge in [-0.3, -0.25) is 0 Å². The van der Waals surface area contributed by atoms with Gasteiger partial charge in [0, 0.05) is 17.2 Å². The summed E-state index contributed by atoms with van der Waals surface area (Å²) in [6.07, 6.45) is 5.14. The van der Waals surface area contributed by atoms with Crippen molar-refractivity contribution in [2.45, 2.75) is 0 Å². The van der Waals surface area contributed by atoms with Crippen molar-refractivity contribution in [2.24, 2.45) is 0 Å². The lowest BCUT2D eigenvalue weighted by molar-refractivity contribution is 0.347. The zero-order valence-electron chi connectivity index (χ0n) is 13.9. The molecule has 2 rings (SSSR count). The van der Waals surface area contributed by atoms with Gasteiger partial charge in [0.1, 0.15) is 35.8 Å². The Morgan fingerprint density at radius 1 is 0.741 bits per heavy atom. The van der Waals surface area contributed by atoms with Crippen LogP contribution in [0.5, 0.6) is 17.2 Å². The molecule has 0 N–H and O–H groups in total. The topological polar surface area (TPSA) is 27.7 Å². The zero-order valence-corrected chi connectivity index (χ0v) is 17.7. The number of rotatable bonds is 9. The van der Waals surface area contributed by atoms with Gasteiger partial charge in [-0.2, -0.15) is 0 Å². The molecule has 2 aromatic rings. The van der Waals surface area contributed by atoms with Crippen molar-refractivity contribution in [1.82, 2.24) is 0 Å². The molecule has 27 heavy (non-hydrogen) atoms. The maximum atomic E-state index is 6.19. The second-order valence-corrected chi connectivity index (χ2v) is 7.33. The van der Waals surface area contributed by atoms with Gasteiger partial charge in [-0.25, -0.2) is 0 Å². The molecule has 0 saturated carbocycles. The van der Waals surface area contributed by atoms with Crippen LogP contribution in [0.1, 0.15) is 0 Å². The highest BCUT2D eigenvalue weighted by Crippen LogP contribution is 2.37. The van der Waals surface area contributed by atoms with Gasteiger partial charge in [0.05, 0.1) is 10.0 Å². The summed E-state index contributed by atoms with van der Waals surface area (Å²) >= 11 is 29.2. The van der Waals surface area contributed by atoms with Gasteiger partial charge in [-0.05, 0) is 42.5 Å². The Hall–Kier alpha value is -1.23. The second kappa shape index (κ2) is 11.6. The fourth-order valence-corrected chi connectivity index (χ4v) is 2.73. The minimum Gasteiger partial charge on any atom is -0.490 e. The molecule has 0 heterocycles. The molecule has 8 heteroatoms. The van der Waals surface area contributed by atoms with Crippen LogP contribution in [-0.4, -0.2) is 19.8 Å². The molecule has 144 valence electrons. The quantitative estimate of drug-likeness (QED) is 0.360. The maximum Gasteiger partial charge on any atom is 0.157 e. The number of ether oxygens (including phenoxy) is 3.